The molecule has 158 valence electrons. The second kappa shape index (κ2) is 9.96. The summed E-state index contributed by atoms with van der Waals surface area (Å²) in [6, 6.07) is 12.0. The number of carbonyl (C=O) groups is 3. The van der Waals surface area contributed by atoms with Crippen LogP contribution in [-0.2, 0) is 27.4 Å². The monoisotopic (exact) mass is 448 g/mol. The van der Waals surface area contributed by atoms with E-state index in [1.807, 2.05) is 0 Å². The minimum Gasteiger partial charge on any atom is -0.452 e. The number of likely N-dealkylation sites (N-methyl/N-ethyl adjacent to an activating group) is 1. The topological polar surface area (TPSA) is 66.9 Å². The summed E-state index contributed by atoms with van der Waals surface area (Å²) >= 11 is 11.9. The summed E-state index contributed by atoms with van der Waals surface area (Å²) in [5, 5.41) is 0.861. The van der Waals surface area contributed by atoms with Crippen LogP contribution < -0.4 is 0 Å². The highest BCUT2D eigenvalue weighted by Crippen LogP contribution is 2.23. The molecule has 0 aromatic heterocycles. The van der Waals surface area contributed by atoms with Gasteiger partial charge >= 0.3 is 5.97 Å². The maximum atomic E-state index is 12.3. The quantitative estimate of drug-likeness (QED) is 0.601. The van der Waals surface area contributed by atoms with Crippen molar-refractivity contribution < 1.29 is 19.1 Å². The van der Waals surface area contributed by atoms with Gasteiger partial charge in [0.15, 0.2) is 6.61 Å². The maximum Gasteiger partial charge on any atom is 0.338 e. The molecule has 0 aliphatic carbocycles. The SMILES string of the molecule is CN(Cc1ccc(Cl)c(Cl)c1)C(=O)COC(=O)c1ccc(CN2CCCC2=O)cc1. The highest BCUT2D eigenvalue weighted by molar-refractivity contribution is 6.42. The molecule has 1 aliphatic heterocycles. The number of halogens is 2. The van der Waals surface area contributed by atoms with E-state index in [-0.39, 0.29) is 18.4 Å². The second-order valence-corrected chi connectivity index (χ2v) is 8.00. The molecule has 1 aliphatic rings. The highest BCUT2D eigenvalue weighted by atomic mass is 35.5. The smallest absolute Gasteiger partial charge is 0.338 e. The summed E-state index contributed by atoms with van der Waals surface area (Å²) in [4.78, 5) is 39.5. The van der Waals surface area contributed by atoms with Gasteiger partial charge in [-0.3, -0.25) is 9.59 Å². The number of nitrogens with zero attached hydrogens (tertiary/aromatic N) is 2. The van der Waals surface area contributed by atoms with Gasteiger partial charge in [0.25, 0.3) is 5.91 Å². The molecule has 8 heteroatoms. The lowest BCUT2D eigenvalue weighted by Crippen LogP contribution is -2.30. The Balaban J connectivity index is 1.48. The van der Waals surface area contributed by atoms with Crippen LogP contribution in [0.5, 0.6) is 0 Å². The average Bonchev–Trinajstić information content (AvgIpc) is 3.13. The van der Waals surface area contributed by atoms with Crippen LogP contribution in [0.15, 0.2) is 42.5 Å². The van der Waals surface area contributed by atoms with Gasteiger partial charge in [0.2, 0.25) is 5.91 Å². The van der Waals surface area contributed by atoms with E-state index in [0.717, 1.165) is 24.1 Å². The molecule has 0 spiro atoms. The molecule has 1 heterocycles. The van der Waals surface area contributed by atoms with E-state index in [1.54, 1.807) is 54.4 Å². The molecule has 6 nitrogen and oxygen atoms in total. The third kappa shape index (κ3) is 5.74. The summed E-state index contributed by atoms with van der Waals surface area (Å²) in [7, 11) is 1.62. The molecule has 1 fully saturated rings. The van der Waals surface area contributed by atoms with Crippen LogP contribution >= 0.6 is 23.2 Å². The van der Waals surface area contributed by atoms with Crippen molar-refractivity contribution in [3.8, 4) is 0 Å². The number of ether oxygens (including phenoxy) is 1. The number of carbonyl (C=O) groups excluding carboxylic acids is 3. The second-order valence-electron chi connectivity index (χ2n) is 7.19. The lowest BCUT2D eigenvalue weighted by molar-refractivity contribution is -0.133. The van der Waals surface area contributed by atoms with E-state index in [4.69, 9.17) is 27.9 Å². The molecule has 30 heavy (non-hydrogen) atoms. The van der Waals surface area contributed by atoms with Gasteiger partial charge in [-0.15, -0.1) is 0 Å². The van der Waals surface area contributed by atoms with Crippen LogP contribution in [-0.4, -0.2) is 47.8 Å². The number of hydrogen-bond donors (Lipinski definition) is 0. The molecule has 2 aromatic carbocycles. The first-order chi connectivity index (χ1) is 14.3. The zero-order valence-electron chi connectivity index (χ0n) is 16.6. The normalized spacial score (nSPS) is 13.4. The zero-order chi connectivity index (χ0) is 21.7. The first kappa shape index (κ1) is 22.1. The Bertz CT molecular complexity index is 947. The maximum absolute atomic E-state index is 12.3. The van der Waals surface area contributed by atoms with Gasteiger partial charge in [-0.05, 0) is 41.8 Å². The van der Waals surface area contributed by atoms with Crippen LogP contribution in [0.2, 0.25) is 10.0 Å². The van der Waals surface area contributed by atoms with Gasteiger partial charge < -0.3 is 14.5 Å². The van der Waals surface area contributed by atoms with Crippen molar-refractivity contribution >= 4 is 41.0 Å². The van der Waals surface area contributed by atoms with Gasteiger partial charge in [-0.1, -0.05) is 41.4 Å². The number of likely N-dealkylation sites (tertiary alicyclic amines) is 1. The average molecular weight is 449 g/mol. The van der Waals surface area contributed by atoms with E-state index in [2.05, 4.69) is 0 Å². The molecule has 1 saturated heterocycles. The van der Waals surface area contributed by atoms with Crippen LogP contribution in [0.4, 0.5) is 0 Å². The Labute approximate surface area is 185 Å². The molecular weight excluding hydrogens is 427 g/mol. The highest BCUT2D eigenvalue weighted by Gasteiger charge is 2.20. The van der Waals surface area contributed by atoms with Crippen molar-refractivity contribution in [2.24, 2.45) is 0 Å². The Kier molecular flexibility index (Phi) is 7.34. The first-order valence-corrected chi connectivity index (χ1v) is 10.3. The Morgan fingerprint density at radius 1 is 1.07 bits per heavy atom. The molecule has 3 rings (SSSR count). The molecule has 2 aromatic rings. The largest absolute Gasteiger partial charge is 0.452 e. The fourth-order valence-electron chi connectivity index (χ4n) is 3.16. The Hall–Kier alpha value is -2.57. The number of esters is 1. The van der Waals surface area contributed by atoms with Gasteiger partial charge in [0.05, 0.1) is 15.6 Å². The lowest BCUT2D eigenvalue weighted by Gasteiger charge is -2.18. The molecule has 0 atom stereocenters. The molecule has 0 N–H and O–H groups in total. The van der Waals surface area contributed by atoms with E-state index >= 15 is 0 Å². The van der Waals surface area contributed by atoms with Gasteiger partial charge in [0, 0.05) is 33.1 Å². The molecule has 0 saturated carbocycles. The zero-order valence-corrected chi connectivity index (χ0v) is 18.1. The van der Waals surface area contributed by atoms with E-state index in [9.17, 15) is 14.4 Å². The minimum absolute atomic E-state index is 0.155. The third-order valence-electron chi connectivity index (χ3n) is 4.89. The van der Waals surface area contributed by atoms with Gasteiger partial charge in [-0.25, -0.2) is 4.79 Å². The molecule has 0 bridgehead atoms. The van der Waals surface area contributed by atoms with E-state index < -0.39 is 5.97 Å². The van der Waals surface area contributed by atoms with Crippen molar-refractivity contribution in [1.82, 2.24) is 9.80 Å². The minimum atomic E-state index is -0.574. The van der Waals surface area contributed by atoms with E-state index in [0.29, 0.717) is 35.1 Å². The third-order valence-corrected chi connectivity index (χ3v) is 5.63. The summed E-state index contributed by atoms with van der Waals surface area (Å²) in [5.41, 5.74) is 2.12. The fourth-order valence-corrected chi connectivity index (χ4v) is 3.48. The lowest BCUT2D eigenvalue weighted by atomic mass is 10.1. The Morgan fingerprint density at radius 2 is 1.77 bits per heavy atom. The summed E-state index contributed by atoms with van der Waals surface area (Å²) < 4.78 is 5.14. The summed E-state index contributed by atoms with van der Waals surface area (Å²) in [6.07, 6.45) is 1.48. The molecular formula is C22H22Cl2N2O4. The van der Waals surface area contributed by atoms with Crippen molar-refractivity contribution in [3.05, 3.63) is 69.2 Å². The van der Waals surface area contributed by atoms with Crippen LogP contribution in [0.25, 0.3) is 0 Å². The van der Waals surface area contributed by atoms with Crippen molar-refractivity contribution in [1.29, 1.82) is 0 Å². The van der Waals surface area contributed by atoms with Crippen molar-refractivity contribution in [2.45, 2.75) is 25.9 Å². The standard InChI is InChI=1S/C22H22Cl2N2O4/c1-25(12-16-6-9-18(23)19(24)11-16)21(28)14-30-22(29)17-7-4-15(5-8-17)13-26-10-2-3-20(26)27/h4-9,11H,2-3,10,12-14H2,1H3. The number of amides is 2. The summed E-state index contributed by atoms with van der Waals surface area (Å²) in [5.74, 6) is -0.754. The predicted molar refractivity (Wildman–Crippen MR) is 114 cm³/mol. The fraction of sp³-hybridized carbons (Fsp3) is 0.318. The first-order valence-electron chi connectivity index (χ1n) is 9.55. The van der Waals surface area contributed by atoms with Crippen LogP contribution in [0, 0.1) is 0 Å². The molecule has 2 amide bonds. The number of benzene rings is 2. The van der Waals surface area contributed by atoms with Crippen LogP contribution in [0.1, 0.15) is 34.3 Å². The predicted octanol–water partition coefficient (Wildman–Crippen LogP) is 3.93. The summed E-state index contributed by atoms with van der Waals surface area (Å²) in [6.45, 7) is 1.25. The van der Waals surface area contributed by atoms with Gasteiger partial charge in [0.1, 0.15) is 0 Å². The van der Waals surface area contributed by atoms with Crippen molar-refractivity contribution in [2.75, 3.05) is 20.2 Å². The van der Waals surface area contributed by atoms with Crippen LogP contribution in [0.3, 0.4) is 0 Å². The molecule has 0 radical (unpaired) electrons. The van der Waals surface area contributed by atoms with Crippen molar-refractivity contribution in [3.63, 3.8) is 0 Å². The van der Waals surface area contributed by atoms with Gasteiger partial charge in [-0.2, -0.15) is 0 Å². The number of rotatable bonds is 7. The van der Waals surface area contributed by atoms with E-state index in [1.165, 1.54) is 4.90 Å². The Morgan fingerprint density at radius 3 is 2.40 bits per heavy atom. The molecule has 0 unspecified atom stereocenters. The number of hydrogen-bond acceptors (Lipinski definition) is 4.